The Morgan fingerprint density at radius 2 is 1.89 bits per heavy atom. The highest BCUT2D eigenvalue weighted by atomic mass is 19.4. The molecule has 0 unspecified atom stereocenters. The first kappa shape index (κ1) is 18.6. The fraction of sp³-hybridized carbons (Fsp3) is 0.211. The van der Waals surface area contributed by atoms with E-state index < -0.39 is 11.7 Å². The first-order valence-corrected chi connectivity index (χ1v) is 8.18. The number of alkyl halides is 3. The van der Waals surface area contributed by atoms with Crippen LogP contribution in [-0.4, -0.2) is 20.7 Å². The van der Waals surface area contributed by atoms with Crippen molar-refractivity contribution in [2.75, 3.05) is 0 Å². The molecule has 0 aliphatic rings. The topological polar surface area (TPSA) is 59.8 Å². The highest BCUT2D eigenvalue weighted by Crippen LogP contribution is 2.29. The van der Waals surface area contributed by atoms with Gasteiger partial charge in [-0.1, -0.05) is 12.1 Å². The van der Waals surface area contributed by atoms with Gasteiger partial charge in [0.15, 0.2) is 0 Å². The zero-order valence-corrected chi connectivity index (χ0v) is 14.5. The summed E-state index contributed by atoms with van der Waals surface area (Å²) in [6.45, 7) is 0.301. The van der Waals surface area contributed by atoms with Gasteiger partial charge in [0, 0.05) is 31.5 Å². The maximum atomic E-state index is 12.6. The molecule has 0 aliphatic carbocycles. The van der Waals surface area contributed by atoms with Crippen molar-refractivity contribution in [3.63, 3.8) is 0 Å². The van der Waals surface area contributed by atoms with E-state index in [1.807, 2.05) is 19.3 Å². The van der Waals surface area contributed by atoms with Crippen LogP contribution in [0.15, 0.2) is 55.0 Å². The Labute approximate surface area is 153 Å². The quantitative estimate of drug-likeness (QED) is 0.745. The van der Waals surface area contributed by atoms with E-state index in [4.69, 9.17) is 0 Å². The molecule has 140 valence electrons. The van der Waals surface area contributed by atoms with Gasteiger partial charge in [0.2, 0.25) is 5.91 Å². The summed E-state index contributed by atoms with van der Waals surface area (Å²) < 4.78 is 39.3. The molecule has 1 aromatic carbocycles. The van der Waals surface area contributed by atoms with Crippen LogP contribution in [0, 0.1) is 0 Å². The molecule has 0 aliphatic heterocycles. The van der Waals surface area contributed by atoms with Crippen LogP contribution in [0.25, 0.3) is 11.3 Å². The summed E-state index contributed by atoms with van der Waals surface area (Å²) in [7, 11) is 1.81. The predicted octanol–water partition coefficient (Wildman–Crippen LogP) is 3.36. The zero-order valence-electron chi connectivity index (χ0n) is 14.5. The number of aromatic nitrogens is 3. The molecule has 1 N–H and O–H groups in total. The third-order valence-electron chi connectivity index (χ3n) is 3.96. The lowest BCUT2D eigenvalue weighted by molar-refractivity contribution is -0.137. The largest absolute Gasteiger partial charge is 0.416 e. The molecule has 8 heteroatoms. The van der Waals surface area contributed by atoms with Crippen LogP contribution in [0.1, 0.15) is 16.7 Å². The number of rotatable bonds is 5. The molecule has 0 saturated heterocycles. The highest BCUT2D eigenvalue weighted by Gasteiger charge is 2.29. The summed E-state index contributed by atoms with van der Waals surface area (Å²) in [5.41, 5.74) is 2.27. The van der Waals surface area contributed by atoms with Crippen LogP contribution >= 0.6 is 0 Å². The molecule has 3 rings (SSSR count). The lowest BCUT2D eigenvalue weighted by Crippen LogP contribution is -2.24. The van der Waals surface area contributed by atoms with Crippen LogP contribution in [0.3, 0.4) is 0 Å². The number of hydrogen-bond donors (Lipinski definition) is 1. The molecule has 27 heavy (non-hydrogen) atoms. The number of halogens is 3. The van der Waals surface area contributed by atoms with Crippen molar-refractivity contribution in [1.29, 1.82) is 0 Å². The van der Waals surface area contributed by atoms with Crippen molar-refractivity contribution in [3.8, 4) is 11.3 Å². The smallest absolute Gasteiger partial charge is 0.352 e. The molecule has 0 spiro atoms. The van der Waals surface area contributed by atoms with E-state index in [0.29, 0.717) is 12.1 Å². The van der Waals surface area contributed by atoms with Crippen LogP contribution in [0.5, 0.6) is 0 Å². The van der Waals surface area contributed by atoms with Gasteiger partial charge in [-0.2, -0.15) is 18.3 Å². The number of hydrogen-bond acceptors (Lipinski definition) is 3. The van der Waals surface area contributed by atoms with E-state index in [2.05, 4.69) is 15.4 Å². The fourth-order valence-electron chi connectivity index (χ4n) is 2.56. The summed E-state index contributed by atoms with van der Waals surface area (Å²) in [6.07, 6.45) is 0.830. The summed E-state index contributed by atoms with van der Waals surface area (Å²) in [5, 5.41) is 6.87. The fourth-order valence-corrected chi connectivity index (χ4v) is 2.56. The van der Waals surface area contributed by atoms with Gasteiger partial charge in [-0.05, 0) is 35.4 Å². The third kappa shape index (κ3) is 4.93. The maximum absolute atomic E-state index is 12.6. The standard InChI is InChI=1S/C19H17F3N4O/c1-26-12-15(11-25-26)17-8-14(6-7-23-17)10-24-18(27)9-13-2-4-16(5-3-13)19(20,21)22/h2-8,11-12H,9-10H2,1H3,(H,24,27). The molecule has 0 atom stereocenters. The highest BCUT2D eigenvalue weighted by molar-refractivity contribution is 5.78. The second-order valence-electron chi connectivity index (χ2n) is 6.10. The number of aryl methyl sites for hydroxylation is 1. The van der Waals surface area contributed by atoms with Gasteiger partial charge in [0.1, 0.15) is 0 Å². The van der Waals surface area contributed by atoms with Crippen molar-refractivity contribution in [2.24, 2.45) is 7.05 Å². The normalized spacial score (nSPS) is 11.4. The number of benzene rings is 1. The van der Waals surface area contributed by atoms with Gasteiger partial charge in [0.05, 0.1) is 23.9 Å². The molecule has 2 heterocycles. The minimum atomic E-state index is -4.38. The van der Waals surface area contributed by atoms with Crippen LogP contribution in [0.2, 0.25) is 0 Å². The Bertz CT molecular complexity index is 933. The van der Waals surface area contributed by atoms with E-state index in [9.17, 15) is 18.0 Å². The van der Waals surface area contributed by atoms with Crippen LogP contribution in [-0.2, 0) is 31.0 Å². The average Bonchev–Trinajstić information content (AvgIpc) is 3.06. The van der Waals surface area contributed by atoms with Gasteiger partial charge in [0.25, 0.3) is 0 Å². The lowest BCUT2D eigenvalue weighted by atomic mass is 10.1. The van der Waals surface area contributed by atoms with Gasteiger partial charge in [-0.25, -0.2) is 0 Å². The number of pyridine rings is 1. The zero-order chi connectivity index (χ0) is 19.4. The number of carbonyl (C=O) groups is 1. The van der Waals surface area contributed by atoms with E-state index in [0.717, 1.165) is 29.0 Å². The number of amides is 1. The van der Waals surface area contributed by atoms with Gasteiger partial charge >= 0.3 is 6.18 Å². The molecule has 0 radical (unpaired) electrons. The minimum Gasteiger partial charge on any atom is -0.352 e. The van der Waals surface area contributed by atoms with Crippen molar-refractivity contribution in [1.82, 2.24) is 20.1 Å². The molecule has 0 saturated carbocycles. The Balaban J connectivity index is 1.58. The SMILES string of the molecule is Cn1cc(-c2cc(CNC(=O)Cc3ccc(C(F)(F)F)cc3)ccn2)cn1. The van der Waals surface area contributed by atoms with Crippen molar-refractivity contribution < 1.29 is 18.0 Å². The van der Waals surface area contributed by atoms with Crippen LogP contribution < -0.4 is 5.32 Å². The monoisotopic (exact) mass is 374 g/mol. The minimum absolute atomic E-state index is 0.0126. The first-order valence-electron chi connectivity index (χ1n) is 8.18. The molecular formula is C19H17F3N4O. The Kier molecular flexibility index (Phi) is 5.25. The van der Waals surface area contributed by atoms with E-state index >= 15 is 0 Å². The van der Waals surface area contributed by atoms with E-state index in [-0.39, 0.29) is 12.3 Å². The Hall–Kier alpha value is -3.16. The molecule has 5 nitrogen and oxygen atoms in total. The molecule has 1 amide bonds. The van der Waals surface area contributed by atoms with Gasteiger partial charge in [-0.3, -0.25) is 14.5 Å². The van der Waals surface area contributed by atoms with E-state index in [1.165, 1.54) is 12.1 Å². The first-order chi connectivity index (χ1) is 12.8. The van der Waals surface area contributed by atoms with Gasteiger partial charge < -0.3 is 5.32 Å². The number of nitrogens with one attached hydrogen (secondary N) is 1. The van der Waals surface area contributed by atoms with Crippen molar-refractivity contribution >= 4 is 5.91 Å². The molecule has 2 aromatic heterocycles. The third-order valence-corrected chi connectivity index (χ3v) is 3.96. The average molecular weight is 374 g/mol. The maximum Gasteiger partial charge on any atom is 0.416 e. The second kappa shape index (κ2) is 7.61. The number of carbonyl (C=O) groups excluding carboxylic acids is 1. The summed E-state index contributed by atoms with van der Waals surface area (Å²) >= 11 is 0. The predicted molar refractivity (Wildman–Crippen MR) is 93.4 cm³/mol. The van der Waals surface area contributed by atoms with Crippen LogP contribution in [0.4, 0.5) is 13.2 Å². The molecule has 0 fully saturated rings. The van der Waals surface area contributed by atoms with Crippen molar-refractivity contribution in [2.45, 2.75) is 19.1 Å². The lowest BCUT2D eigenvalue weighted by Gasteiger charge is -2.09. The summed E-state index contributed by atoms with van der Waals surface area (Å²) in [5.74, 6) is -0.269. The van der Waals surface area contributed by atoms with E-state index in [1.54, 1.807) is 23.1 Å². The molecule has 3 aromatic rings. The number of nitrogens with zero attached hydrogens (tertiary/aromatic N) is 3. The molecular weight excluding hydrogens is 357 g/mol. The summed E-state index contributed by atoms with van der Waals surface area (Å²) in [4.78, 5) is 16.4. The van der Waals surface area contributed by atoms with Gasteiger partial charge in [-0.15, -0.1) is 0 Å². The Morgan fingerprint density at radius 1 is 1.15 bits per heavy atom. The second-order valence-corrected chi connectivity index (χ2v) is 6.10. The summed E-state index contributed by atoms with van der Waals surface area (Å²) in [6, 6.07) is 8.23. The van der Waals surface area contributed by atoms with Crippen molar-refractivity contribution in [3.05, 3.63) is 71.7 Å². The molecule has 0 bridgehead atoms. The Morgan fingerprint density at radius 3 is 2.52 bits per heavy atom.